The second kappa shape index (κ2) is 12.3. The lowest BCUT2D eigenvalue weighted by Crippen LogP contribution is -2.51. The predicted octanol–water partition coefficient (Wildman–Crippen LogP) is 1.28. The molecule has 0 aliphatic carbocycles. The normalized spacial score (nSPS) is 12.2. The zero-order valence-electron chi connectivity index (χ0n) is 21.2. The Hall–Kier alpha value is -4.03. The number of nitrogens with zero attached hydrogens (tertiary/aromatic N) is 4. The lowest BCUT2D eigenvalue weighted by molar-refractivity contribution is -0.126. The molecule has 0 saturated carbocycles. The van der Waals surface area contributed by atoms with Gasteiger partial charge in [0.25, 0.3) is 0 Å². The fraction of sp³-hybridized carbons (Fsp3) is 0.400. The standard InChI is InChI=1S/C25H33N7O5/c1-4-31(13-20(26)33)24(35)37-15-18-11-8-12-21-29-30-22(32(18)21)19(28-23(34)25(2,3)27)16-36-14-17-9-6-5-7-10-17/h5-12,19H,4,13-16,27H2,1-3H3,(H2,26,33)(H,28,34)/t19-/m1/s1. The van der Waals surface area contributed by atoms with Gasteiger partial charge in [-0.3, -0.25) is 18.9 Å². The van der Waals surface area contributed by atoms with Crippen LogP contribution in [0.25, 0.3) is 5.65 Å². The minimum absolute atomic E-state index is 0.0911. The van der Waals surface area contributed by atoms with Crippen LogP contribution in [0.1, 0.15) is 43.9 Å². The number of hydrogen-bond donors (Lipinski definition) is 3. The molecule has 0 saturated heterocycles. The Kier molecular flexibility index (Phi) is 9.15. The number of aromatic nitrogens is 3. The fourth-order valence-corrected chi connectivity index (χ4v) is 3.48. The third-order valence-electron chi connectivity index (χ3n) is 5.46. The zero-order chi connectivity index (χ0) is 27.0. The minimum atomic E-state index is -1.14. The van der Waals surface area contributed by atoms with E-state index in [0.29, 0.717) is 23.8 Å². The number of likely N-dealkylation sites (N-methyl/N-ethyl adjacent to an activating group) is 1. The smallest absolute Gasteiger partial charge is 0.410 e. The first-order chi connectivity index (χ1) is 17.6. The molecule has 3 aromatic rings. The number of benzene rings is 1. The average molecular weight is 512 g/mol. The van der Waals surface area contributed by atoms with Gasteiger partial charge in [0.05, 0.1) is 24.4 Å². The maximum absolute atomic E-state index is 12.8. The number of fused-ring (bicyclic) bond motifs is 1. The van der Waals surface area contributed by atoms with Crippen molar-refractivity contribution < 1.29 is 23.9 Å². The Labute approximate surface area is 214 Å². The van der Waals surface area contributed by atoms with Gasteiger partial charge in [0.2, 0.25) is 11.8 Å². The summed E-state index contributed by atoms with van der Waals surface area (Å²) >= 11 is 0. The number of rotatable bonds is 12. The molecule has 12 heteroatoms. The predicted molar refractivity (Wildman–Crippen MR) is 135 cm³/mol. The quantitative estimate of drug-likeness (QED) is 0.327. The van der Waals surface area contributed by atoms with Crippen LogP contribution in [-0.2, 0) is 32.3 Å². The SMILES string of the molecule is CCN(CC(N)=O)C(=O)OCc1cccc2nnc([C@@H](COCc3ccccc3)NC(=O)C(C)(C)N)n12. The summed E-state index contributed by atoms with van der Waals surface area (Å²) in [6, 6.07) is 14.2. The van der Waals surface area contributed by atoms with Crippen molar-refractivity contribution in [2.75, 3.05) is 19.7 Å². The highest BCUT2D eigenvalue weighted by atomic mass is 16.6. The highest BCUT2D eigenvalue weighted by molar-refractivity contribution is 5.85. The zero-order valence-corrected chi connectivity index (χ0v) is 21.2. The van der Waals surface area contributed by atoms with Crippen LogP contribution in [0.15, 0.2) is 48.5 Å². The van der Waals surface area contributed by atoms with Gasteiger partial charge in [0.15, 0.2) is 11.5 Å². The summed E-state index contributed by atoms with van der Waals surface area (Å²) in [7, 11) is 0. The van der Waals surface area contributed by atoms with Gasteiger partial charge in [-0.05, 0) is 38.5 Å². The molecule has 12 nitrogen and oxygen atoms in total. The number of hydrogen-bond acceptors (Lipinski definition) is 8. The lowest BCUT2D eigenvalue weighted by Gasteiger charge is -2.24. The maximum atomic E-state index is 12.8. The van der Waals surface area contributed by atoms with Crippen LogP contribution in [0.3, 0.4) is 0 Å². The second-order valence-corrected chi connectivity index (χ2v) is 9.05. The number of ether oxygens (including phenoxy) is 2. The average Bonchev–Trinajstić information content (AvgIpc) is 3.30. The van der Waals surface area contributed by atoms with Crippen LogP contribution >= 0.6 is 0 Å². The Morgan fingerprint density at radius 3 is 2.46 bits per heavy atom. The van der Waals surface area contributed by atoms with Crippen molar-refractivity contribution in [1.82, 2.24) is 24.8 Å². The Morgan fingerprint density at radius 2 is 1.81 bits per heavy atom. The molecule has 1 atom stereocenters. The number of primary amides is 1. The van der Waals surface area contributed by atoms with Crippen molar-refractivity contribution >= 4 is 23.6 Å². The van der Waals surface area contributed by atoms with E-state index in [2.05, 4.69) is 15.5 Å². The van der Waals surface area contributed by atoms with Crippen molar-refractivity contribution in [3.8, 4) is 0 Å². The molecular formula is C25H33N7O5. The molecular weight excluding hydrogens is 478 g/mol. The van der Waals surface area contributed by atoms with Crippen molar-refractivity contribution in [3.63, 3.8) is 0 Å². The number of nitrogens with two attached hydrogens (primary N) is 2. The largest absolute Gasteiger partial charge is 0.443 e. The van der Waals surface area contributed by atoms with E-state index in [1.165, 1.54) is 4.90 Å². The molecule has 0 radical (unpaired) electrons. The summed E-state index contributed by atoms with van der Waals surface area (Å²) in [6.45, 7) is 5.20. The Morgan fingerprint density at radius 1 is 1.08 bits per heavy atom. The van der Waals surface area contributed by atoms with Gasteiger partial charge in [-0.2, -0.15) is 0 Å². The molecule has 3 amide bonds. The summed E-state index contributed by atoms with van der Waals surface area (Å²) < 4.78 is 13.0. The monoisotopic (exact) mass is 511 g/mol. The van der Waals surface area contributed by atoms with Crippen LogP contribution in [0.5, 0.6) is 0 Å². The molecule has 0 aliphatic rings. The van der Waals surface area contributed by atoms with Crippen LogP contribution in [0, 0.1) is 0 Å². The van der Waals surface area contributed by atoms with E-state index in [0.717, 1.165) is 5.56 Å². The van der Waals surface area contributed by atoms with Crippen molar-refractivity contribution in [2.45, 2.75) is 45.6 Å². The highest BCUT2D eigenvalue weighted by Crippen LogP contribution is 2.19. The molecule has 0 bridgehead atoms. The van der Waals surface area contributed by atoms with Gasteiger partial charge >= 0.3 is 6.09 Å². The molecule has 0 aliphatic heterocycles. The van der Waals surface area contributed by atoms with Gasteiger partial charge in [0.1, 0.15) is 19.2 Å². The first kappa shape index (κ1) is 27.6. The van der Waals surface area contributed by atoms with E-state index in [9.17, 15) is 14.4 Å². The highest BCUT2D eigenvalue weighted by Gasteiger charge is 2.28. The Bertz CT molecular complexity index is 1220. The van der Waals surface area contributed by atoms with Crippen LogP contribution in [-0.4, -0.2) is 62.6 Å². The first-order valence-corrected chi connectivity index (χ1v) is 11.8. The molecule has 2 heterocycles. The number of nitrogens with one attached hydrogen (secondary N) is 1. The number of amides is 3. The van der Waals surface area contributed by atoms with Crippen molar-refractivity contribution in [3.05, 3.63) is 65.6 Å². The summed E-state index contributed by atoms with van der Waals surface area (Å²) in [5.41, 5.74) is 12.1. The Balaban J connectivity index is 1.86. The minimum Gasteiger partial charge on any atom is -0.443 e. The second-order valence-electron chi connectivity index (χ2n) is 9.05. The van der Waals surface area contributed by atoms with E-state index < -0.39 is 29.5 Å². The third kappa shape index (κ3) is 7.48. The van der Waals surface area contributed by atoms with Gasteiger partial charge in [0, 0.05) is 6.54 Å². The van der Waals surface area contributed by atoms with Gasteiger partial charge in [-0.1, -0.05) is 36.4 Å². The molecule has 1 aromatic carbocycles. The third-order valence-corrected chi connectivity index (χ3v) is 5.46. The summed E-state index contributed by atoms with van der Waals surface area (Å²) in [5.74, 6) is -0.651. The molecule has 2 aromatic heterocycles. The van der Waals surface area contributed by atoms with E-state index in [-0.39, 0.29) is 26.3 Å². The molecule has 0 unspecified atom stereocenters. The van der Waals surface area contributed by atoms with Crippen LogP contribution < -0.4 is 16.8 Å². The molecule has 3 rings (SSSR count). The topological polar surface area (TPSA) is 167 Å². The molecule has 5 N–H and O–H groups in total. The summed E-state index contributed by atoms with van der Waals surface area (Å²) in [5, 5.41) is 11.4. The van der Waals surface area contributed by atoms with Crippen LogP contribution in [0.2, 0.25) is 0 Å². The molecule has 0 spiro atoms. The van der Waals surface area contributed by atoms with E-state index in [4.69, 9.17) is 20.9 Å². The van der Waals surface area contributed by atoms with Crippen molar-refractivity contribution in [1.29, 1.82) is 0 Å². The lowest BCUT2D eigenvalue weighted by atomic mass is 10.1. The van der Waals surface area contributed by atoms with E-state index in [1.807, 2.05) is 30.3 Å². The van der Waals surface area contributed by atoms with Gasteiger partial charge < -0.3 is 26.3 Å². The van der Waals surface area contributed by atoms with Crippen molar-refractivity contribution in [2.24, 2.45) is 11.5 Å². The van der Waals surface area contributed by atoms with Gasteiger partial charge in [-0.25, -0.2) is 4.79 Å². The summed E-state index contributed by atoms with van der Waals surface area (Å²) in [4.78, 5) is 37.7. The summed E-state index contributed by atoms with van der Waals surface area (Å²) in [6.07, 6.45) is -0.686. The molecule has 198 valence electrons. The van der Waals surface area contributed by atoms with E-state index >= 15 is 0 Å². The maximum Gasteiger partial charge on any atom is 0.410 e. The molecule has 0 fully saturated rings. The fourth-order valence-electron chi connectivity index (χ4n) is 3.48. The number of carbonyl (C=O) groups excluding carboxylic acids is 3. The van der Waals surface area contributed by atoms with Crippen LogP contribution in [0.4, 0.5) is 4.79 Å². The van der Waals surface area contributed by atoms with E-state index in [1.54, 1.807) is 43.4 Å². The molecule has 37 heavy (non-hydrogen) atoms. The number of carbonyl (C=O) groups is 3. The first-order valence-electron chi connectivity index (χ1n) is 11.8. The van der Waals surface area contributed by atoms with Gasteiger partial charge in [-0.15, -0.1) is 10.2 Å². The number of pyridine rings is 1.